The van der Waals surface area contributed by atoms with Gasteiger partial charge >= 0.3 is 0 Å². The average molecular weight is 405 g/mol. The van der Waals surface area contributed by atoms with Crippen molar-refractivity contribution in [1.29, 1.82) is 0 Å². The quantitative estimate of drug-likeness (QED) is 0.829. The van der Waals surface area contributed by atoms with Crippen LogP contribution in [0.1, 0.15) is 11.1 Å². The van der Waals surface area contributed by atoms with E-state index in [9.17, 15) is 17.6 Å². The normalized spacial score (nSPS) is 16.1. The summed E-state index contributed by atoms with van der Waals surface area (Å²) in [6, 6.07) is 11.0. The molecule has 1 amide bonds. The molecular formula is C20H24FN3O3S. The van der Waals surface area contributed by atoms with E-state index < -0.39 is 15.8 Å². The van der Waals surface area contributed by atoms with E-state index in [-0.39, 0.29) is 17.3 Å². The molecule has 1 aliphatic heterocycles. The number of anilines is 1. The Morgan fingerprint density at radius 3 is 2.32 bits per heavy atom. The van der Waals surface area contributed by atoms with Crippen molar-refractivity contribution in [2.75, 3.05) is 38.0 Å². The second kappa shape index (κ2) is 8.38. The predicted molar refractivity (Wildman–Crippen MR) is 106 cm³/mol. The zero-order chi connectivity index (χ0) is 20.3. The molecule has 2 aromatic rings. The summed E-state index contributed by atoms with van der Waals surface area (Å²) < 4.78 is 40.3. The average Bonchev–Trinajstić information content (AvgIpc) is 2.65. The molecule has 0 atom stereocenters. The highest BCUT2D eigenvalue weighted by Crippen LogP contribution is 2.19. The number of benzene rings is 2. The highest BCUT2D eigenvalue weighted by molar-refractivity contribution is 7.89. The van der Waals surface area contributed by atoms with E-state index >= 15 is 0 Å². The molecule has 0 unspecified atom stereocenters. The second-order valence-corrected chi connectivity index (χ2v) is 8.94. The number of hydrogen-bond acceptors (Lipinski definition) is 4. The molecule has 0 saturated carbocycles. The minimum Gasteiger partial charge on any atom is -0.325 e. The van der Waals surface area contributed by atoms with E-state index in [0.29, 0.717) is 31.9 Å². The number of amides is 1. The van der Waals surface area contributed by atoms with Crippen molar-refractivity contribution >= 4 is 21.6 Å². The zero-order valence-electron chi connectivity index (χ0n) is 16.0. The fraction of sp³-hybridized carbons (Fsp3) is 0.350. The van der Waals surface area contributed by atoms with Gasteiger partial charge in [-0.25, -0.2) is 12.8 Å². The Kier molecular flexibility index (Phi) is 6.12. The third kappa shape index (κ3) is 4.76. The fourth-order valence-electron chi connectivity index (χ4n) is 3.11. The molecule has 1 aliphatic rings. The van der Waals surface area contributed by atoms with Crippen LogP contribution in [0, 0.1) is 19.7 Å². The monoisotopic (exact) mass is 405 g/mol. The molecule has 0 radical (unpaired) electrons. The number of carbonyl (C=O) groups excluding carboxylic acids is 1. The summed E-state index contributed by atoms with van der Waals surface area (Å²) in [5.74, 6) is -0.653. The molecule has 3 rings (SSSR count). The zero-order valence-corrected chi connectivity index (χ0v) is 16.8. The Morgan fingerprint density at radius 1 is 1.04 bits per heavy atom. The molecule has 28 heavy (non-hydrogen) atoms. The highest BCUT2D eigenvalue weighted by Gasteiger charge is 2.29. The van der Waals surface area contributed by atoms with Crippen molar-refractivity contribution < 1.29 is 17.6 Å². The van der Waals surface area contributed by atoms with Crippen LogP contribution < -0.4 is 5.32 Å². The fourth-order valence-corrected chi connectivity index (χ4v) is 4.53. The molecule has 1 N–H and O–H groups in total. The van der Waals surface area contributed by atoms with Gasteiger partial charge in [0.2, 0.25) is 15.9 Å². The molecule has 150 valence electrons. The molecule has 1 fully saturated rings. The van der Waals surface area contributed by atoms with Gasteiger partial charge in [-0.2, -0.15) is 4.31 Å². The van der Waals surface area contributed by atoms with Crippen LogP contribution in [0.3, 0.4) is 0 Å². The number of nitrogens with zero attached hydrogens (tertiary/aromatic N) is 2. The van der Waals surface area contributed by atoms with Crippen LogP contribution in [0.4, 0.5) is 10.1 Å². The Balaban J connectivity index is 1.55. The third-order valence-electron chi connectivity index (χ3n) is 4.83. The number of carbonyl (C=O) groups is 1. The van der Waals surface area contributed by atoms with E-state index in [0.717, 1.165) is 11.1 Å². The SMILES string of the molecule is Cc1ccc(S(=O)(=O)N2CCN(CC(=O)Nc3cc(F)ccc3C)CC2)cc1. The lowest BCUT2D eigenvalue weighted by atomic mass is 10.2. The summed E-state index contributed by atoms with van der Waals surface area (Å²) in [6.45, 7) is 5.40. The van der Waals surface area contributed by atoms with Gasteiger partial charge in [0.25, 0.3) is 0 Å². The summed E-state index contributed by atoms with van der Waals surface area (Å²) in [4.78, 5) is 14.4. The van der Waals surface area contributed by atoms with Gasteiger partial charge in [-0.3, -0.25) is 9.69 Å². The van der Waals surface area contributed by atoms with Gasteiger partial charge in [0.1, 0.15) is 5.82 Å². The molecule has 2 aromatic carbocycles. The van der Waals surface area contributed by atoms with Gasteiger partial charge in [0.15, 0.2) is 0 Å². The predicted octanol–water partition coefficient (Wildman–Crippen LogP) is 2.39. The van der Waals surface area contributed by atoms with Gasteiger partial charge in [-0.1, -0.05) is 23.8 Å². The minimum absolute atomic E-state index is 0.133. The number of halogens is 1. The van der Waals surface area contributed by atoms with E-state index in [1.807, 2.05) is 11.8 Å². The number of nitrogens with one attached hydrogen (secondary N) is 1. The third-order valence-corrected chi connectivity index (χ3v) is 6.74. The Labute approximate surface area is 165 Å². The van der Waals surface area contributed by atoms with Gasteiger partial charge in [0.05, 0.1) is 11.4 Å². The minimum atomic E-state index is -3.53. The van der Waals surface area contributed by atoms with Crippen molar-refractivity contribution in [3.63, 3.8) is 0 Å². The first kappa shape index (κ1) is 20.4. The van der Waals surface area contributed by atoms with Crippen LogP contribution in [-0.4, -0.2) is 56.3 Å². The first-order valence-corrected chi connectivity index (χ1v) is 10.5. The Morgan fingerprint density at radius 2 is 1.68 bits per heavy atom. The van der Waals surface area contributed by atoms with E-state index in [4.69, 9.17) is 0 Å². The summed E-state index contributed by atoms with van der Waals surface area (Å²) in [5.41, 5.74) is 2.23. The summed E-state index contributed by atoms with van der Waals surface area (Å²) in [5, 5.41) is 2.72. The first-order valence-electron chi connectivity index (χ1n) is 9.11. The maximum absolute atomic E-state index is 13.3. The lowest BCUT2D eigenvalue weighted by Crippen LogP contribution is -2.50. The molecule has 0 bridgehead atoms. The smallest absolute Gasteiger partial charge is 0.243 e. The Hall–Kier alpha value is -2.29. The van der Waals surface area contributed by atoms with Gasteiger partial charge < -0.3 is 5.32 Å². The number of piperazine rings is 1. The number of aryl methyl sites for hydroxylation is 2. The maximum Gasteiger partial charge on any atom is 0.243 e. The maximum atomic E-state index is 13.3. The molecule has 0 aliphatic carbocycles. The standard InChI is InChI=1S/C20H24FN3O3S/c1-15-3-7-18(8-4-15)28(26,27)24-11-9-23(10-12-24)14-20(25)22-19-13-17(21)6-5-16(19)2/h3-8,13H,9-12,14H2,1-2H3,(H,22,25). The van der Waals surface area contributed by atoms with Crippen LogP contribution in [0.5, 0.6) is 0 Å². The van der Waals surface area contributed by atoms with Crippen LogP contribution in [0.25, 0.3) is 0 Å². The van der Waals surface area contributed by atoms with Gasteiger partial charge in [0, 0.05) is 31.9 Å². The lowest BCUT2D eigenvalue weighted by molar-refractivity contribution is -0.117. The molecule has 6 nitrogen and oxygen atoms in total. The summed E-state index contributed by atoms with van der Waals surface area (Å²) >= 11 is 0. The molecular weight excluding hydrogens is 381 g/mol. The lowest BCUT2D eigenvalue weighted by Gasteiger charge is -2.33. The topological polar surface area (TPSA) is 69.7 Å². The van der Waals surface area contributed by atoms with Crippen molar-refractivity contribution in [1.82, 2.24) is 9.21 Å². The Bertz CT molecular complexity index is 953. The van der Waals surface area contributed by atoms with Gasteiger partial charge in [-0.05, 0) is 43.7 Å². The van der Waals surface area contributed by atoms with Crippen molar-refractivity contribution in [3.8, 4) is 0 Å². The van der Waals surface area contributed by atoms with E-state index in [1.54, 1.807) is 37.3 Å². The van der Waals surface area contributed by atoms with Crippen LogP contribution in [0.15, 0.2) is 47.4 Å². The van der Waals surface area contributed by atoms with E-state index in [2.05, 4.69) is 5.32 Å². The molecule has 1 heterocycles. The summed E-state index contributed by atoms with van der Waals surface area (Å²) in [6.07, 6.45) is 0. The molecule has 0 spiro atoms. The largest absolute Gasteiger partial charge is 0.325 e. The van der Waals surface area contributed by atoms with Crippen molar-refractivity contribution in [2.45, 2.75) is 18.7 Å². The summed E-state index contributed by atoms with van der Waals surface area (Å²) in [7, 11) is -3.53. The number of rotatable bonds is 5. The van der Waals surface area contributed by atoms with Crippen LogP contribution >= 0.6 is 0 Å². The number of sulfonamides is 1. The van der Waals surface area contributed by atoms with Crippen LogP contribution in [-0.2, 0) is 14.8 Å². The van der Waals surface area contributed by atoms with E-state index in [1.165, 1.54) is 16.4 Å². The molecule has 1 saturated heterocycles. The highest BCUT2D eigenvalue weighted by atomic mass is 32.2. The number of hydrogen-bond donors (Lipinski definition) is 1. The second-order valence-electron chi connectivity index (χ2n) is 7.00. The molecule has 8 heteroatoms. The molecule has 0 aromatic heterocycles. The van der Waals surface area contributed by atoms with Gasteiger partial charge in [-0.15, -0.1) is 0 Å². The van der Waals surface area contributed by atoms with Crippen molar-refractivity contribution in [3.05, 3.63) is 59.4 Å². The first-order chi connectivity index (χ1) is 13.3. The van der Waals surface area contributed by atoms with Crippen molar-refractivity contribution in [2.24, 2.45) is 0 Å². The van der Waals surface area contributed by atoms with Crippen LogP contribution in [0.2, 0.25) is 0 Å².